The minimum Gasteiger partial charge on any atom is -0.467 e. The number of sulfonamides is 1. The number of rotatable bonds is 13. The molecule has 4 aromatic rings. The Kier molecular flexibility index (Phi) is 8.18. The number of amides is 1. The molecule has 2 aromatic carbocycles. The van der Waals surface area contributed by atoms with Crippen LogP contribution in [-0.2, 0) is 43.9 Å². The van der Waals surface area contributed by atoms with Crippen molar-refractivity contribution < 1.29 is 31.6 Å². The average Bonchev–Trinajstić information content (AvgIpc) is 3.50. The number of carbonyl (C=O) groups is 2. The van der Waals surface area contributed by atoms with Crippen LogP contribution in [0.3, 0.4) is 0 Å². The molecular formula is C29H29ClN2O7S. The summed E-state index contributed by atoms with van der Waals surface area (Å²) in [6.45, 7) is 2.87. The molecule has 11 heteroatoms. The molecule has 0 unspecified atom stereocenters. The van der Waals surface area contributed by atoms with Crippen LogP contribution in [0, 0.1) is 5.92 Å². The van der Waals surface area contributed by atoms with E-state index in [2.05, 4.69) is 0 Å². The van der Waals surface area contributed by atoms with Gasteiger partial charge in [-0.2, -0.15) is 0 Å². The number of ether oxygens (including phenoxy) is 1. The number of hydrogen-bond acceptors (Lipinski definition) is 7. The summed E-state index contributed by atoms with van der Waals surface area (Å²) in [5.41, 5.74) is 1.45. The summed E-state index contributed by atoms with van der Waals surface area (Å²) in [6, 6.07) is 15.1. The predicted octanol–water partition coefficient (Wildman–Crippen LogP) is 5.55. The minimum atomic E-state index is -4.02. The quantitative estimate of drug-likeness (QED) is 0.150. The van der Waals surface area contributed by atoms with Crippen LogP contribution >= 0.6 is 11.6 Å². The molecule has 0 radical (unpaired) electrons. The van der Waals surface area contributed by atoms with Crippen molar-refractivity contribution in [1.29, 1.82) is 0 Å². The first-order valence-electron chi connectivity index (χ1n) is 13.0. The van der Waals surface area contributed by atoms with Crippen molar-refractivity contribution in [2.24, 2.45) is 5.92 Å². The van der Waals surface area contributed by atoms with E-state index in [1.165, 1.54) is 16.4 Å². The summed E-state index contributed by atoms with van der Waals surface area (Å²) in [5, 5.41) is 1.18. The van der Waals surface area contributed by atoms with E-state index in [0.29, 0.717) is 46.3 Å². The Morgan fingerprint density at radius 1 is 1.10 bits per heavy atom. The number of halogens is 1. The summed E-state index contributed by atoms with van der Waals surface area (Å²) < 4.78 is 45.3. The highest BCUT2D eigenvalue weighted by atomic mass is 35.5. The second-order valence-electron chi connectivity index (χ2n) is 9.62. The van der Waals surface area contributed by atoms with E-state index in [0.717, 1.165) is 18.2 Å². The van der Waals surface area contributed by atoms with E-state index in [-0.39, 0.29) is 43.0 Å². The molecule has 1 aliphatic rings. The third kappa shape index (κ3) is 6.03. The van der Waals surface area contributed by atoms with Gasteiger partial charge in [-0.25, -0.2) is 8.42 Å². The van der Waals surface area contributed by atoms with Crippen LogP contribution in [0.15, 0.2) is 74.6 Å². The molecule has 40 heavy (non-hydrogen) atoms. The van der Waals surface area contributed by atoms with E-state index >= 15 is 0 Å². The van der Waals surface area contributed by atoms with Gasteiger partial charge in [0.1, 0.15) is 17.1 Å². The van der Waals surface area contributed by atoms with Crippen LogP contribution in [-0.4, -0.2) is 38.8 Å². The van der Waals surface area contributed by atoms with Gasteiger partial charge in [0.25, 0.3) is 16.5 Å². The largest absolute Gasteiger partial charge is 0.467 e. The maximum atomic E-state index is 14.0. The lowest BCUT2D eigenvalue weighted by Gasteiger charge is -2.28. The molecule has 2 aromatic heterocycles. The van der Waals surface area contributed by atoms with Gasteiger partial charge in [0.15, 0.2) is 0 Å². The molecule has 1 aliphatic carbocycles. The first kappa shape index (κ1) is 27.8. The molecule has 0 N–H and O–H groups in total. The van der Waals surface area contributed by atoms with E-state index in [9.17, 15) is 18.0 Å². The number of anilines is 1. The molecule has 1 amide bonds. The van der Waals surface area contributed by atoms with Gasteiger partial charge in [0.05, 0.1) is 30.0 Å². The Balaban J connectivity index is 1.46. The lowest BCUT2D eigenvalue weighted by molar-refractivity contribution is -0.134. The fourth-order valence-corrected chi connectivity index (χ4v) is 6.40. The highest BCUT2D eigenvalue weighted by Gasteiger charge is 2.35. The average molecular weight is 585 g/mol. The van der Waals surface area contributed by atoms with Crippen molar-refractivity contribution in [2.45, 2.75) is 44.2 Å². The number of benzene rings is 2. The van der Waals surface area contributed by atoms with Crippen molar-refractivity contribution >= 4 is 50.7 Å². The van der Waals surface area contributed by atoms with Crippen molar-refractivity contribution in [3.8, 4) is 0 Å². The van der Waals surface area contributed by atoms with Gasteiger partial charge in [-0.3, -0.25) is 13.9 Å². The monoisotopic (exact) mass is 584 g/mol. The zero-order chi connectivity index (χ0) is 28.3. The molecule has 1 fully saturated rings. The van der Waals surface area contributed by atoms with Gasteiger partial charge in [-0.15, -0.1) is 0 Å². The fraction of sp³-hybridized carbons (Fsp3) is 0.310. The summed E-state index contributed by atoms with van der Waals surface area (Å²) in [4.78, 5) is 25.4. The summed E-state index contributed by atoms with van der Waals surface area (Å²) >= 11 is 6.36. The maximum absolute atomic E-state index is 14.0. The van der Waals surface area contributed by atoms with E-state index in [1.807, 2.05) is 0 Å². The van der Waals surface area contributed by atoms with Crippen LogP contribution in [0.2, 0.25) is 5.02 Å². The SMILES string of the molecule is CCN(c1ccc(Cl)cc1CN(Cc1ccco1)C(=O)C1CC1)S(=O)(=O)c1ccc2cc(CCOC=O)oc2c1. The molecule has 9 nitrogen and oxygen atoms in total. The maximum Gasteiger partial charge on any atom is 0.293 e. The predicted molar refractivity (Wildman–Crippen MR) is 149 cm³/mol. The standard InChI is InChI=1S/C29H29ClN2O7S/c1-2-32(40(35,36)26-9-7-21-15-24(11-13-37-19-33)39-28(21)16-26)27-10-8-23(30)14-22(27)17-31(29(34)20-5-6-20)18-25-4-3-12-38-25/h3-4,7-10,12,14-16,19-20H,2,5-6,11,13,17-18H2,1H3. The Hall–Kier alpha value is -3.76. The number of carbonyl (C=O) groups excluding carboxylic acids is 2. The topological polar surface area (TPSA) is 110 Å². The third-order valence-corrected chi connectivity index (χ3v) is 8.91. The molecule has 0 aliphatic heterocycles. The van der Waals surface area contributed by atoms with Gasteiger partial charge in [0.2, 0.25) is 5.91 Å². The minimum absolute atomic E-state index is 0.00542. The van der Waals surface area contributed by atoms with Crippen molar-refractivity contribution in [2.75, 3.05) is 17.5 Å². The van der Waals surface area contributed by atoms with Crippen molar-refractivity contribution in [3.63, 3.8) is 0 Å². The van der Waals surface area contributed by atoms with E-state index in [4.69, 9.17) is 25.2 Å². The molecule has 1 saturated carbocycles. The second kappa shape index (κ2) is 11.8. The van der Waals surface area contributed by atoms with Crippen LogP contribution in [0.1, 0.15) is 36.8 Å². The first-order chi connectivity index (χ1) is 19.3. The Labute approximate surface area is 237 Å². The molecule has 5 rings (SSSR count). The zero-order valence-corrected chi connectivity index (χ0v) is 23.5. The molecule has 0 bridgehead atoms. The second-order valence-corrected chi connectivity index (χ2v) is 11.9. The Morgan fingerprint density at radius 3 is 2.62 bits per heavy atom. The van der Waals surface area contributed by atoms with Gasteiger partial charge in [0, 0.05) is 41.9 Å². The number of nitrogens with zero attached hydrogens (tertiary/aromatic N) is 2. The fourth-order valence-electron chi connectivity index (χ4n) is 4.68. The van der Waals surface area contributed by atoms with Gasteiger partial charge >= 0.3 is 0 Å². The van der Waals surface area contributed by atoms with Crippen LogP contribution < -0.4 is 4.31 Å². The van der Waals surface area contributed by atoms with Crippen LogP contribution in [0.4, 0.5) is 5.69 Å². The molecule has 0 saturated heterocycles. The summed E-state index contributed by atoms with van der Waals surface area (Å²) in [7, 11) is -4.02. The van der Waals surface area contributed by atoms with Gasteiger partial charge < -0.3 is 18.5 Å². The number of fused-ring (bicyclic) bond motifs is 1. The zero-order valence-electron chi connectivity index (χ0n) is 21.9. The van der Waals surface area contributed by atoms with Crippen molar-refractivity contribution in [1.82, 2.24) is 4.90 Å². The van der Waals surface area contributed by atoms with E-state index < -0.39 is 10.0 Å². The Morgan fingerprint density at radius 2 is 1.93 bits per heavy atom. The molecule has 2 heterocycles. The first-order valence-corrected chi connectivity index (χ1v) is 14.8. The molecule has 0 spiro atoms. The normalized spacial score (nSPS) is 13.3. The highest BCUT2D eigenvalue weighted by molar-refractivity contribution is 7.92. The van der Waals surface area contributed by atoms with Gasteiger partial charge in [-0.05, 0) is 73.9 Å². The summed E-state index contributed by atoms with van der Waals surface area (Å²) in [5.74, 6) is 1.20. The van der Waals surface area contributed by atoms with Crippen LogP contribution in [0.25, 0.3) is 11.0 Å². The molecular weight excluding hydrogens is 556 g/mol. The van der Waals surface area contributed by atoms with Crippen LogP contribution in [0.5, 0.6) is 0 Å². The smallest absolute Gasteiger partial charge is 0.293 e. The van der Waals surface area contributed by atoms with E-state index in [1.54, 1.807) is 60.6 Å². The Bertz CT molecular complexity index is 1610. The number of furan rings is 2. The lowest BCUT2D eigenvalue weighted by atomic mass is 10.1. The van der Waals surface area contributed by atoms with Crippen molar-refractivity contribution in [3.05, 3.63) is 83.0 Å². The summed E-state index contributed by atoms with van der Waals surface area (Å²) in [6.07, 6.45) is 3.61. The highest BCUT2D eigenvalue weighted by Crippen LogP contribution is 2.35. The number of hydrogen-bond donors (Lipinski definition) is 0. The molecule has 0 atom stereocenters. The van der Waals surface area contributed by atoms with Gasteiger partial charge in [-0.1, -0.05) is 11.6 Å². The lowest BCUT2D eigenvalue weighted by Crippen LogP contribution is -2.34. The third-order valence-electron chi connectivity index (χ3n) is 6.79. The molecule has 210 valence electrons.